The van der Waals surface area contributed by atoms with E-state index >= 15 is 0 Å². The molecule has 5 rings (SSSR count). The molecule has 0 bridgehead atoms. The van der Waals surface area contributed by atoms with Crippen molar-refractivity contribution >= 4 is 0 Å². The molecule has 242 valence electrons. The van der Waals surface area contributed by atoms with E-state index in [1.54, 1.807) is 6.08 Å². The summed E-state index contributed by atoms with van der Waals surface area (Å²) in [5.74, 6) is 0. The average molecular weight is 629 g/mol. The van der Waals surface area contributed by atoms with Gasteiger partial charge in [-0.25, -0.2) is 0 Å². The summed E-state index contributed by atoms with van der Waals surface area (Å²) in [6.07, 6.45) is 1.11. The first-order valence-electron chi connectivity index (χ1n) is 16.2. The Hall–Kier alpha value is -4.36. The van der Waals surface area contributed by atoms with E-state index in [0.29, 0.717) is 39.6 Å². The second kappa shape index (κ2) is 18.7. The van der Waals surface area contributed by atoms with Crippen molar-refractivity contribution in [1.82, 2.24) is 0 Å². The van der Waals surface area contributed by atoms with Gasteiger partial charge in [0.1, 0.15) is 17.8 Å². The molecule has 5 aromatic carbocycles. The molecular formula is C42H44O5. The predicted molar refractivity (Wildman–Crippen MR) is 187 cm³/mol. The quantitative estimate of drug-likeness (QED) is 0.0492. The van der Waals surface area contributed by atoms with Gasteiger partial charge in [0.2, 0.25) is 0 Å². The van der Waals surface area contributed by atoms with Crippen LogP contribution in [0.4, 0.5) is 0 Å². The van der Waals surface area contributed by atoms with E-state index < -0.39 is 5.60 Å². The molecule has 0 saturated heterocycles. The van der Waals surface area contributed by atoms with Crippen LogP contribution in [0.3, 0.4) is 0 Å². The highest BCUT2D eigenvalue weighted by atomic mass is 16.6. The van der Waals surface area contributed by atoms with E-state index in [2.05, 4.69) is 91.5 Å². The Morgan fingerprint density at radius 3 is 1.23 bits per heavy atom. The largest absolute Gasteiger partial charge is 0.376 e. The number of hydrogen-bond acceptors (Lipinski definition) is 5. The topological polar surface area (TPSA) is 46.2 Å². The third kappa shape index (κ3) is 10.1. The summed E-state index contributed by atoms with van der Waals surface area (Å²) in [4.78, 5) is 0. The van der Waals surface area contributed by atoms with Crippen LogP contribution in [-0.2, 0) is 42.5 Å². The molecule has 2 atom stereocenters. The molecule has 0 saturated carbocycles. The van der Waals surface area contributed by atoms with Gasteiger partial charge in [-0.1, -0.05) is 158 Å². The lowest BCUT2D eigenvalue weighted by atomic mass is 9.80. The summed E-state index contributed by atoms with van der Waals surface area (Å²) in [6.45, 7) is 6.45. The van der Waals surface area contributed by atoms with E-state index in [4.69, 9.17) is 23.7 Å². The molecule has 0 spiro atoms. The van der Waals surface area contributed by atoms with Crippen molar-refractivity contribution in [1.29, 1.82) is 0 Å². The molecule has 0 heterocycles. The zero-order valence-electron chi connectivity index (χ0n) is 26.9. The zero-order chi connectivity index (χ0) is 32.4. The Morgan fingerprint density at radius 2 is 0.830 bits per heavy atom. The molecule has 5 aromatic rings. The zero-order valence-corrected chi connectivity index (χ0v) is 26.9. The van der Waals surface area contributed by atoms with E-state index in [0.717, 1.165) is 27.8 Å². The molecule has 5 heteroatoms. The van der Waals surface area contributed by atoms with Gasteiger partial charge in [-0.2, -0.15) is 0 Å². The van der Waals surface area contributed by atoms with Crippen LogP contribution in [0, 0.1) is 0 Å². The summed E-state index contributed by atoms with van der Waals surface area (Å²) in [7, 11) is 0. The molecule has 47 heavy (non-hydrogen) atoms. The minimum absolute atomic E-state index is 0.261. The number of ether oxygens (including phenoxy) is 5. The fourth-order valence-corrected chi connectivity index (χ4v) is 5.47. The van der Waals surface area contributed by atoms with Gasteiger partial charge >= 0.3 is 0 Å². The smallest absolute Gasteiger partial charge is 0.143 e. The number of hydrogen-bond donors (Lipinski definition) is 0. The van der Waals surface area contributed by atoms with E-state index in [-0.39, 0.29) is 18.8 Å². The van der Waals surface area contributed by atoms with Crippen molar-refractivity contribution < 1.29 is 23.7 Å². The first kappa shape index (κ1) is 34.0. The van der Waals surface area contributed by atoms with Crippen LogP contribution in [0.25, 0.3) is 0 Å². The maximum Gasteiger partial charge on any atom is 0.143 e. The summed E-state index contributed by atoms with van der Waals surface area (Å²) >= 11 is 0. The molecular weight excluding hydrogens is 584 g/mol. The first-order valence-corrected chi connectivity index (χ1v) is 16.2. The molecule has 0 radical (unpaired) electrons. The molecule has 0 N–H and O–H groups in total. The van der Waals surface area contributed by atoms with Gasteiger partial charge in [-0.15, -0.1) is 6.58 Å². The molecule has 0 aliphatic carbocycles. The molecule has 0 aliphatic heterocycles. The minimum Gasteiger partial charge on any atom is -0.376 e. The molecule has 2 unspecified atom stereocenters. The van der Waals surface area contributed by atoms with E-state index in [1.807, 2.05) is 66.7 Å². The average Bonchev–Trinajstić information content (AvgIpc) is 3.15. The van der Waals surface area contributed by atoms with E-state index in [9.17, 15) is 0 Å². The highest BCUT2D eigenvalue weighted by molar-refractivity contribution is 5.47. The maximum absolute atomic E-state index is 7.11. The lowest BCUT2D eigenvalue weighted by Crippen LogP contribution is -2.38. The highest BCUT2D eigenvalue weighted by Gasteiger charge is 2.38. The standard InChI is InChI=1S/C42H44O5/c1-2-28-43-31-40(45-29-35-18-8-3-9-19-35)32-44-33-41(46-30-36-20-10-4-11-21-36)34-47-42(37-22-12-5-13-23-37,38-24-14-6-15-25-38)39-26-16-7-17-27-39/h2-27,40-41H,1,28-34H2. The molecule has 5 nitrogen and oxygen atoms in total. The van der Waals surface area contributed by atoms with Gasteiger partial charge in [-0.3, -0.25) is 0 Å². The van der Waals surface area contributed by atoms with Gasteiger partial charge in [0.05, 0.1) is 46.2 Å². The van der Waals surface area contributed by atoms with Crippen molar-refractivity contribution in [3.63, 3.8) is 0 Å². The van der Waals surface area contributed by atoms with Gasteiger partial charge in [0.15, 0.2) is 0 Å². The van der Waals surface area contributed by atoms with Crippen molar-refractivity contribution in [2.75, 3.05) is 33.0 Å². The first-order chi connectivity index (χ1) is 23.3. The maximum atomic E-state index is 7.11. The third-order valence-electron chi connectivity index (χ3n) is 7.83. The van der Waals surface area contributed by atoms with Crippen LogP contribution in [0.15, 0.2) is 164 Å². The molecule has 0 amide bonds. The van der Waals surface area contributed by atoms with Gasteiger partial charge in [0, 0.05) is 0 Å². The van der Waals surface area contributed by atoms with Gasteiger partial charge < -0.3 is 23.7 Å². The van der Waals surface area contributed by atoms with Crippen molar-refractivity contribution in [2.45, 2.75) is 31.0 Å². The highest BCUT2D eigenvalue weighted by Crippen LogP contribution is 2.40. The predicted octanol–water partition coefficient (Wildman–Crippen LogP) is 8.39. The second-order valence-corrected chi connectivity index (χ2v) is 11.3. The minimum atomic E-state index is -0.863. The van der Waals surface area contributed by atoms with Crippen LogP contribution >= 0.6 is 0 Å². The Morgan fingerprint density at radius 1 is 0.468 bits per heavy atom. The second-order valence-electron chi connectivity index (χ2n) is 11.3. The normalized spacial score (nSPS) is 12.8. The van der Waals surface area contributed by atoms with Crippen molar-refractivity contribution in [3.05, 3.63) is 192 Å². The van der Waals surface area contributed by atoms with Gasteiger partial charge in [0.25, 0.3) is 0 Å². The van der Waals surface area contributed by atoms with Crippen LogP contribution in [0.5, 0.6) is 0 Å². The fourth-order valence-electron chi connectivity index (χ4n) is 5.47. The van der Waals surface area contributed by atoms with Crippen LogP contribution in [-0.4, -0.2) is 45.2 Å². The Labute approximate surface area is 279 Å². The van der Waals surface area contributed by atoms with Crippen molar-refractivity contribution in [2.24, 2.45) is 0 Å². The Bertz CT molecular complexity index is 1450. The van der Waals surface area contributed by atoms with Crippen LogP contribution in [0.2, 0.25) is 0 Å². The van der Waals surface area contributed by atoms with E-state index in [1.165, 1.54) is 0 Å². The summed E-state index contributed by atoms with van der Waals surface area (Å²) in [5, 5.41) is 0. The Balaban J connectivity index is 1.35. The lowest BCUT2D eigenvalue weighted by molar-refractivity contribution is -0.115. The Kier molecular flexibility index (Phi) is 13.5. The third-order valence-corrected chi connectivity index (χ3v) is 7.83. The SMILES string of the molecule is C=CCOCC(COCC(COC(c1ccccc1)(c1ccccc1)c1ccccc1)OCc1ccccc1)OCc1ccccc1. The monoisotopic (exact) mass is 628 g/mol. The summed E-state index contributed by atoms with van der Waals surface area (Å²) in [5.41, 5.74) is 4.42. The van der Waals surface area contributed by atoms with Crippen molar-refractivity contribution in [3.8, 4) is 0 Å². The molecule has 0 aromatic heterocycles. The molecule has 0 fully saturated rings. The summed E-state index contributed by atoms with van der Waals surface area (Å²) < 4.78 is 31.9. The number of benzene rings is 5. The van der Waals surface area contributed by atoms with Crippen LogP contribution < -0.4 is 0 Å². The molecule has 0 aliphatic rings. The van der Waals surface area contributed by atoms with Gasteiger partial charge in [-0.05, 0) is 27.8 Å². The summed E-state index contributed by atoms with van der Waals surface area (Å²) in [6, 6.07) is 51.4. The fraction of sp³-hybridized carbons (Fsp3) is 0.238. The number of rotatable bonds is 20. The lowest BCUT2D eigenvalue weighted by Gasteiger charge is -2.37. The van der Waals surface area contributed by atoms with Crippen LogP contribution in [0.1, 0.15) is 27.8 Å².